The van der Waals surface area contributed by atoms with E-state index in [1.165, 1.54) is 15.9 Å². The Labute approximate surface area is 233 Å². The van der Waals surface area contributed by atoms with Gasteiger partial charge in [0.15, 0.2) is 7.05 Å². The van der Waals surface area contributed by atoms with E-state index in [4.69, 9.17) is 22.0 Å². The molecule has 1 aliphatic heterocycles. The van der Waals surface area contributed by atoms with Crippen LogP contribution in [0.2, 0.25) is 0 Å². The van der Waals surface area contributed by atoms with Crippen LogP contribution in [0.3, 0.4) is 0 Å². The summed E-state index contributed by atoms with van der Waals surface area (Å²) in [5, 5.41) is 3.75. The van der Waals surface area contributed by atoms with Gasteiger partial charge in [0, 0.05) is 35.0 Å². The smallest absolute Gasteiger partial charge is 0.397 e. The molecule has 1 heterocycles. The predicted octanol–water partition coefficient (Wildman–Crippen LogP) is 5.50. The maximum Gasteiger partial charge on any atom is 0.397 e. The second-order valence-electron chi connectivity index (χ2n) is 9.98. The molecule has 1 fully saturated rings. The molecule has 3 aromatic carbocycles. The average molecular weight is 592 g/mol. The number of hydrogen-bond acceptors (Lipinski definition) is 6. The fourth-order valence-corrected chi connectivity index (χ4v) is 12.8. The second kappa shape index (κ2) is 13.5. The van der Waals surface area contributed by atoms with E-state index < -0.39 is 24.8 Å². The van der Waals surface area contributed by atoms with Gasteiger partial charge in [0.25, 0.3) is 0 Å². The van der Waals surface area contributed by atoms with Crippen molar-refractivity contribution in [3.05, 3.63) is 91.0 Å². The summed E-state index contributed by atoms with van der Waals surface area (Å²) in [7, 11) is -9.70. The highest BCUT2D eigenvalue weighted by Crippen LogP contribution is 2.62. The van der Waals surface area contributed by atoms with Crippen LogP contribution in [0.4, 0.5) is 0 Å². The largest absolute Gasteiger partial charge is 0.748 e. The van der Waals surface area contributed by atoms with Gasteiger partial charge in [-0.25, -0.2) is 12.7 Å². The summed E-state index contributed by atoms with van der Waals surface area (Å²) in [6.07, 6.45) is 1.96. The van der Waals surface area contributed by atoms with Crippen LogP contribution in [-0.4, -0.2) is 48.1 Å². The van der Waals surface area contributed by atoms with Crippen molar-refractivity contribution < 1.29 is 30.9 Å². The quantitative estimate of drug-likeness (QED) is 0.254. The highest BCUT2D eigenvalue weighted by atomic mass is 32.2. The van der Waals surface area contributed by atoms with Gasteiger partial charge < -0.3 is 13.6 Å². The van der Waals surface area contributed by atoms with E-state index in [0.29, 0.717) is 6.26 Å². The fraction of sp³-hybridized carbons (Fsp3) is 0.379. The van der Waals surface area contributed by atoms with Crippen LogP contribution in [0.1, 0.15) is 40.5 Å². The lowest BCUT2D eigenvalue weighted by molar-refractivity contribution is -0.504. The Kier molecular flexibility index (Phi) is 10.9. The Morgan fingerprint density at radius 3 is 1.41 bits per heavy atom. The lowest BCUT2D eigenvalue weighted by Gasteiger charge is -2.31. The van der Waals surface area contributed by atoms with Gasteiger partial charge in [-0.15, -0.1) is 0 Å². The van der Waals surface area contributed by atoms with Gasteiger partial charge in [0.1, 0.15) is 6.54 Å². The van der Waals surface area contributed by atoms with Crippen molar-refractivity contribution in [2.75, 3.05) is 12.8 Å². The molecule has 0 aliphatic carbocycles. The van der Waals surface area contributed by atoms with Gasteiger partial charge in [-0.2, -0.15) is 0 Å². The molecule has 0 amide bonds. The molecular formula is C29H39NO6P2S. The summed E-state index contributed by atoms with van der Waals surface area (Å²) in [6.45, 7) is 8.57. The maximum absolute atomic E-state index is 14.5. The highest BCUT2D eigenvalue weighted by molar-refractivity contribution is 7.85. The predicted molar refractivity (Wildman–Crippen MR) is 159 cm³/mol. The van der Waals surface area contributed by atoms with Crippen molar-refractivity contribution in [1.29, 1.82) is 0 Å². The molecule has 0 radical (unpaired) electrons. The van der Waals surface area contributed by atoms with Gasteiger partial charge >= 0.3 is 7.60 Å². The molecule has 0 bridgehead atoms. The first kappa shape index (κ1) is 31.5. The summed E-state index contributed by atoms with van der Waals surface area (Å²) < 4.78 is 56.6. The Bertz CT molecular complexity index is 1290. The van der Waals surface area contributed by atoms with Crippen LogP contribution in [0.5, 0.6) is 0 Å². The van der Waals surface area contributed by atoms with Gasteiger partial charge in [0.2, 0.25) is 5.78 Å². The first-order chi connectivity index (χ1) is 18.4. The molecule has 1 saturated heterocycles. The molecule has 0 spiro atoms. The van der Waals surface area contributed by atoms with E-state index >= 15 is 0 Å². The Morgan fingerprint density at radius 2 is 1.10 bits per heavy atom. The minimum absolute atomic E-state index is 0.190. The van der Waals surface area contributed by atoms with Crippen molar-refractivity contribution in [1.82, 2.24) is 0 Å². The van der Waals surface area contributed by atoms with Gasteiger partial charge in [0.05, 0.1) is 22.3 Å². The monoisotopic (exact) mass is 591 g/mol. The number of hydrogen-bond donors (Lipinski definition) is 0. The lowest BCUT2D eigenvalue weighted by Crippen LogP contribution is -2.36. The molecule has 7 nitrogen and oxygen atoms in total. The van der Waals surface area contributed by atoms with Crippen molar-refractivity contribution in [3.63, 3.8) is 0 Å². The lowest BCUT2D eigenvalue weighted by atomic mass is 10.4. The molecule has 3 aromatic rings. The topological polar surface area (TPSA) is 95.7 Å². The second-order valence-corrected chi connectivity index (χ2v) is 16.8. The average Bonchev–Trinajstić information content (AvgIpc) is 3.36. The van der Waals surface area contributed by atoms with Crippen molar-refractivity contribution in [2.45, 2.75) is 58.5 Å². The third kappa shape index (κ3) is 8.00. The van der Waals surface area contributed by atoms with Crippen LogP contribution in [0.25, 0.3) is 0 Å². The van der Waals surface area contributed by atoms with E-state index in [9.17, 15) is 4.57 Å². The van der Waals surface area contributed by atoms with Gasteiger partial charge in [-0.1, -0.05) is 54.6 Å². The molecule has 1 aliphatic rings. The van der Waals surface area contributed by atoms with E-state index in [-0.39, 0.29) is 18.0 Å². The first-order valence-corrected chi connectivity index (χ1v) is 18.3. The Hall–Kier alpha value is -2.05. The number of rotatable bonds is 8. The van der Waals surface area contributed by atoms with Crippen LogP contribution in [0, 0.1) is 0 Å². The number of benzene rings is 3. The summed E-state index contributed by atoms with van der Waals surface area (Å²) in [4.78, 5) is 0. The minimum Gasteiger partial charge on any atom is -0.748 e. The van der Waals surface area contributed by atoms with Crippen LogP contribution in [-0.2, 0) is 23.7 Å². The normalized spacial score (nSPS) is 16.3. The third-order valence-corrected chi connectivity index (χ3v) is 13.3. The van der Waals surface area contributed by atoms with Crippen molar-refractivity contribution >= 4 is 40.7 Å². The minimum atomic E-state index is -3.92. The molecule has 212 valence electrons. The zero-order valence-electron chi connectivity index (χ0n) is 23.2. The fourth-order valence-electron chi connectivity index (χ4n) is 4.98. The maximum atomic E-state index is 14.5. The van der Waals surface area contributed by atoms with E-state index in [1.54, 1.807) is 0 Å². The summed E-state index contributed by atoms with van der Waals surface area (Å²) >= 11 is 0. The molecule has 10 heteroatoms. The summed E-state index contributed by atoms with van der Waals surface area (Å²) in [6, 6.07) is 32.2. The molecule has 0 N–H and O–H groups in total. The van der Waals surface area contributed by atoms with Gasteiger partial charge in [-0.05, 0) is 64.1 Å². The van der Waals surface area contributed by atoms with Crippen LogP contribution < -0.4 is 15.9 Å². The zero-order chi connectivity index (χ0) is 28.7. The standard InChI is InChI=1S/C28H36NO3P2.CH4O3S/c1-23(2)31-34(30,32-24(3)4)28-21-14-22-29(28)33(25-15-8-5-9-16-25,26-17-10-6-11-18-26)27-19-12-7-13-20-27;1-5(2,3)4/h5-13,15-20,23-24,28H,14,21-22H2,1-4H3;1H3,(H,2,3,4)/q+1;/p-1/t28-;/m1./s1. The zero-order valence-corrected chi connectivity index (χ0v) is 25.8. The third-order valence-electron chi connectivity index (χ3n) is 6.05. The number of nitrogens with zero attached hydrogens (tertiary/aromatic N) is 1. The SMILES string of the molecule is CC(C)OP(=O)(OC(C)C)[C@@H]1CCC[N+]1=P(c1ccccc1)(c1ccccc1)c1ccccc1.CS(=O)(=O)[O-]. The molecular weight excluding hydrogens is 552 g/mol. The summed E-state index contributed by atoms with van der Waals surface area (Å²) in [5.74, 6) is -0.314. The molecule has 1 atom stereocenters. The van der Waals surface area contributed by atoms with Crippen molar-refractivity contribution in [2.24, 2.45) is 0 Å². The Morgan fingerprint density at radius 1 is 0.769 bits per heavy atom. The van der Waals surface area contributed by atoms with Crippen LogP contribution >= 0.6 is 14.7 Å². The van der Waals surface area contributed by atoms with E-state index in [0.717, 1.165) is 19.4 Å². The molecule has 0 aromatic heterocycles. The molecule has 0 unspecified atom stereocenters. The van der Waals surface area contributed by atoms with E-state index in [1.807, 2.05) is 27.7 Å². The van der Waals surface area contributed by atoms with Crippen molar-refractivity contribution in [3.8, 4) is 0 Å². The van der Waals surface area contributed by atoms with Crippen LogP contribution in [0.15, 0.2) is 91.0 Å². The van der Waals surface area contributed by atoms with E-state index in [2.05, 4.69) is 95.3 Å². The molecule has 39 heavy (non-hydrogen) atoms. The van der Waals surface area contributed by atoms with Gasteiger partial charge in [-0.3, -0.25) is 4.57 Å². The molecule has 0 saturated carbocycles. The Balaban J connectivity index is 0.000000771. The summed E-state index contributed by atoms with van der Waals surface area (Å²) in [5.41, 5.74) is 0. The first-order valence-electron chi connectivity index (χ1n) is 13.1. The highest BCUT2D eigenvalue weighted by Gasteiger charge is 2.53. The molecule has 4 rings (SSSR count).